The predicted molar refractivity (Wildman–Crippen MR) is 331 cm³/mol. The summed E-state index contributed by atoms with van der Waals surface area (Å²) in [5.74, 6) is 0. The highest BCUT2D eigenvalue weighted by Crippen LogP contribution is 2.47. The van der Waals surface area contributed by atoms with Crippen LogP contribution in [0.2, 0.25) is 0 Å². The minimum Gasteiger partial charge on any atom is -0.312 e. The topological polar surface area (TPSA) is 49.8 Å². The Hall–Kier alpha value is 0.110. The molecule has 0 bridgehead atoms. The molecule has 0 saturated heterocycles. The second-order valence-corrected chi connectivity index (χ2v) is 25.9. The monoisotopic (exact) mass is 1050 g/mol. The molecule has 5 heteroatoms. The molecule has 0 aromatic rings. The quantitative estimate of drug-likeness (QED) is 0.0487. The average molecular weight is 1050 g/mol. The Kier molecular flexibility index (Phi) is 64.7. The molecule has 0 amide bonds. The van der Waals surface area contributed by atoms with Crippen LogP contribution in [0, 0.1) is 0 Å². The van der Waals surface area contributed by atoms with E-state index in [0.717, 1.165) is 38.5 Å². The van der Waals surface area contributed by atoms with Crippen molar-refractivity contribution in [3.05, 3.63) is 0 Å². The zero-order valence-electron chi connectivity index (χ0n) is 51.1. The third-order valence-electron chi connectivity index (χ3n) is 16.7. The Morgan fingerprint density at radius 2 is 0.370 bits per heavy atom. The van der Waals surface area contributed by atoms with E-state index in [2.05, 4.69) is 20.8 Å². The van der Waals surface area contributed by atoms with Gasteiger partial charge in [0.25, 0.3) is 0 Å². The highest BCUT2D eigenvalue weighted by molar-refractivity contribution is 7.50. The molecule has 0 aliphatic rings. The third-order valence-corrected chi connectivity index (χ3v) is 18.3. The van der Waals surface area contributed by atoms with Gasteiger partial charge in [0.1, 0.15) is 0 Å². The molecule has 0 aliphatic heterocycles. The zero-order chi connectivity index (χ0) is 52.7. The molecule has 440 valence electrons. The van der Waals surface area contributed by atoms with Crippen molar-refractivity contribution in [3.8, 4) is 0 Å². The van der Waals surface area contributed by atoms with Crippen molar-refractivity contribution >= 4 is 7.75 Å². The summed E-state index contributed by atoms with van der Waals surface area (Å²) in [6.07, 6.45) is 85.7. The molecule has 0 fully saturated rings. The molecule has 0 aliphatic carbocycles. The second-order valence-electron chi connectivity index (χ2n) is 24.1. The molecular weight excluding hydrogens is 910 g/mol. The van der Waals surface area contributed by atoms with Gasteiger partial charge in [0.2, 0.25) is 0 Å². The van der Waals surface area contributed by atoms with Crippen molar-refractivity contribution < 1.29 is 14.0 Å². The summed E-state index contributed by atoms with van der Waals surface area (Å²) in [4.78, 5) is 11.1. The predicted octanol–water partition coefficient (Wildman–Crippen LogP) is 25.7. The third kappa shape index (κ3) is 61.2. The maximum Gasteiger partial charge on any atom is 0.405 e. The van der Waals surface area contributed by atoms with Gasteiger partial charge >= 0.3 is 7.75 Å². The fourth-order valence-electron chi connectivity index (χ4n) is 11.4. The molecule has 0 saturated carbocycles. The number of rotatable bonds is 67. The zero-order valence-corrected chi connectivity index (χ0v) is 52.0. The molecule has 73 heavy (non-hydrogen) atoms. The van der Waals surface area contributed by atoms with E-state index in [-0.39, 0.29) is 0 Å². The molecule has 0 spiro atoms. The van der Waals surface area contributed by atoms with E-state index in [9.17, 15) is 9.46 Å². The van der Waals surface area contributed by atoms with Crippen LogP contribution in [0.15, 0.2) is 0 Å². The van der Waals surface area contributed by atoms with Gasteiger partial charge in [-0.05, 0) is 19.3 Å². The summed E-state index contributed by atoms with van der Waals surface area (Å²) in [6, 6.07) is 0. The summed E-state index contributed by atoms with van der Waals surface area (Å²) < 4.78 is 21.1. The lowest BCUT2D eigenvalue weighted by molar-refractivity contribution is 0.194. The van der Waals surface area contributed by atoms with E-state index in [1.165, 1.54) is 360 Å². The molecular formula is C68H140NO3P. The molecule has 0 radical (unpaired) electrons. The Bertz CT molecular complexity index is 963. The summed E-state index contributed by atoms with van der Waals surface area (Å²) in [7, 11) is -3.73. The minimum absolute atomic E-state index is 0.412. The highest BCUT2D eigenvalue weighted by atomic mass is 31.2. The maximum absolute atomic E-state index is 13.5. The van der Waals surface area contributed by atoms with Crippen molar-refractivity contribution in [1.82, 2.24) is 4.67 Å². The van der Waals surface area contributed by atoms with Crippen LogP contribution in [0.1, 0.15) is 419 Å². The average Bonchev–Trinajstić information content (AvgIpc) is 3.39. The molecule has 0 rings (SSSR count). The molecule has 0 aromatic carbocycles. The summed E-state index contributed by atoms with van der Waals surface area (Å²) in [6.45, 7) is 8.67. The van der Waals surface area contributed by atoms with Gasteiger partial charge < -0.3 is 4.89 Å². The number of hydrogen-bond acceptors (Lipinski definition) is 2. The van der Waals surface area contributed by atoms with Crippen LogP contribution in [0.4, 0.5) is 0 Å². The Balaban J connectivity index is 3.84. The first-order chi connectivity index (χ1) is 36.1. The van der Waals surface area contributed by atoms with Crippen LogP contribution in [-0.4, -0.2) is 29.3 Å². The lowest BCUT2D eigenvalue weighted by atomic mass is 10.0. The van der Waals surface area contributed by atoms with Gasteiger partial charge in [-0.2, -0.15) is 0 Å². The van der Waals surface area contributed by atoms with E-state index in [4.69, 9.17) is 4.52 Å². The fraction of sp³-hybridized carbons (Fsp3) is 1.00. The summed E-state index contributed by atoms with van der Waals surface area (Å²) in [5, 5.41) is 0. The van der Waals surface area contributed by atoms with Crippen molar-refractivity contribution in [3.63, 3.8) is 0 Å². The maximum atomic E-state index is 13.5. The highest BCUT2D eigenvalue weighted by Gasteiger charge is 2.28. The van der Waals surface area contributed by atoms with Crippen LogP contribution >= 0.6 is 7.75 Å². The molecule has 4 nitrogen and oxygen atoms in total. The van der Waals surface area contributed by atoms with E-state index in [1.54, 1.807) is 0 Å². The van der Waals surface area contributed by atoms with E-state index in [0.29, 0.717) is 19.7 Å². The first-order valence-corrected chi connectivity index (χ1v) is 36.3. The van der Waals surface area contributed by atoms with Gasteiger partial charge in [-0.25, -0.2) is 9.24 Å². The smallest absolute Gasteiger partial charge is 0.312 e. The second kappa shape index (κ2) is 64.6. The van der Waals surface area contributed by atoms with Crippen molar-refractivity contribution in [2.24, 2.45) is 0 Å². The molecule has 0 heterocycles. The first kappa shape index (κ1) is 73.1. The van der Waals surface area contributed by atoms with Crippen molar-refractivity contribution in [1.29, 1.82) is 0 Å². The van der Waals surface area contributed by atoms with Crippen molar-refractivity contribution in [2.45, 2.75) is 419 Å². The SMILES string of the molecule is CCCCCCCCCCCCCCCCCCCCCCCCCCCCCCN(CCCCCCCCCCCCCCCCCCCCCCCCCCCCCC)P(=O)(O)OCCCCCCCC. The molecule has 0 aromatic heterocycles. The molecule has 1 atom stereocenters. The van der Waals surface area contributed by atoms with Gasteiger partial charge in [-0.3, -0.25) is 4.52 Å². The number of hydrogen-bond donors (Lipinski definition) is 1. The van der Waals surface area contributed by atoms with Crippen LogP contribution in [-0.2, 0) is 9.09 Å². The van der Waals surface area contributed by atoms with Gasteiger partial charge in [0, 0.05) is 13.1 Å². The lowest BCUT2D eigenvalue weighted by Gasteiger charge is -2.26. The molecule has 1 unspecified atom stereocenters. The Labute approximate surface area is 462 Å². The van der Waals surface area contributed by atoms with Gasteiger partial charge in [0.15, 0.2) is 0 Å². The van der Waals surface area contributed by atoms with Gasteiger partial charge in [-0.1, -0.05) is 400 Å². The normalized spacial score (nSPS) is 12.7. The minimum atomic E-state index is -3.73. The fourth-order valence-corrected chi connectivity index (χ4v) is 12.8. The molecule has 1 N–H and O–H groups in total. The van der Waals surface area contributed by atoms with Crippen molar-refractivity contribution in [2.75, 3.05) is 19.7 Å². The number of nitrogens with zero attached hydrogens (tertiary/aromatic N) is 1. The van der Waals surface area contributed by atoms with E-state index in [1.807, 2.05) is 4.67 Å². The van der Waals surface area contributed by atoms with Gasteiger partial charge in [0.05, 0.1) is 6.61 Å². The Morgan fingerprint density at radius 3 is 0.534 bits per heavy atom. The van der Waals surface area contributed by atoms with E-state index < -0.39 is 7.75 Å². The lowest BCUT2D eigenvalue weighted by Crippen LogP contribution is -2.24. The first-order valence-electron chi connectivity index (χ1n) is 34.8. The van der Waals surface area contributed by atoms with Crippen LogP contribution in [0.3, 0.4) is 0 Å². The van der Waals surface area contributed by atoms with Crippen LogP contribution in [0.25, 0.3) is 0 Å². The van der Waals surface area contributed by atoms with Gasteiger partial charge in [-0.15, -0.1) is 0 Å². The largest absolute Gasteiger partial charge is 0.405 e. The number of unbranched alkanes of at least 4 members (excludes halogenated alkanes) is 59. The Morgan fingerprint density at radius 1 is 0.233 bits per heavy atom. The summed E-state index contributed by atoms with van der Waals surface area (Å²) >= 11 is 0. The van der Waals surface area contributed by atoms with Crippen LogP contribution in [0.5, 0.6) is 0 Å². The standard InChI is InChI=1S/C68H140NO3P/c1-4-7-10-13-16-18-20-22-24-26-28-30-32-34-36-38-40-42-44-46-48-50-52-54-56-58-60-63-66-69(73(70,71)72-68-65-62-15-12-9-6-3)67-64-61-59-57-55-53-51-49-47-45-43-41-39-37-35-33-31-29-27-25-23-21-19-17-14-11-8-5-2/h4-68H2,1-3H3,(H,70,71). The van der Waals surface area contributed by atoms with E-state index >= 15 is 0 Å². The van der Waals surface area contributed by atoms with Crippen LogP contribution < -0.4 is 0 Å². The summed E-state index contributed by atoms with van der Waals surface area (Å²) in [5.41, 5.74) is 0.